The number of urea groups is 1. The van der Waals surface area contributed by atoms with E-state index in [0.29, 0.717) is 18.3 Å². The summed E-state index contributed by atoms with van der Waals surface area (Å²) >= 11 is 0. The van der Waals surface area contributed by atoms with E-state index in [1.54, 1.807) is 7.11 Å². The number of hydrogen-bond donors (Lipinski definition) is 1. The molecule has 136 valence electrons. The lowest BCUT2D eigenvalue weighted by Gasteiger charge is -2.27. The highest BCUT2D eigenvalue weighted by atomic mass is 16.5. The van der Waals surface area contributed by atoms with E-state index < -0.39 is 0 Å². The van der Waals surface area contributed by atoms with Crippen LogP contribution in [-0.2, 0) is 10.2 Å². The first-order valence-corrected chi connectivity index (χ1v) is 8.59. The Bertz CT molecular complexity index is 566. The number of hydrogen-bond acceptors (Lipinski definition) is 5. The molecule has 7 nitrogen and oxygen atoms in total. The quantitative estimate of drug-likeness (QED) is 0.916. The van der Waals surface area contributed by atoms with E-state index in [1.165, 1.54) is 0 Å². The van der Waals surface area contributed by atoms with Crippen LogP contribution in [0.15, 0.2) is 4.52 Å². The van der Waals surface area contributed by atoms with Gasteiger partial charge in [0, 0.05) is 25.6 Å². The van der Waals surface area contributed by atoms with Gasteiger partial charge in [-0.25, -0.2) is 4.79 Å². The SMILES string of the molecule is CO[C@]1(C)CCCN(C(=O)N[C@H](C)c2nc(C(C)(C)C)no2)CC1. The van der Waals surface area contributed by atoms with E-state index in [4.69, 9.17) is 9.26 Å². The number of nitrogens with zero attached hydrogens (tertiary/aromatic N) is 3. The summed E-state index contributed by atoms with van der Waals surface area (Å²) in [6.45, 7) is 11.4. The summed E-state index contributed by atoms with van der Waals surface area (Å²) in [7, 11) is 1.74. The first-order valence-electron chi connectivity index (χ1n) is 8.59. The summed E-state index contributed by atoms with van der Waals surface area (Å²) in [5.74, 6) is 1.08. The first-order chi connectivity index (χ1) is 11.1. The van der Waals surface area contributed by atoms with Gasteiger partial charge in [0.15, 0.2) is 5.82 Å². The second-order valence-electron chi connectivity index (χ2n) is 7.87. The zero-order valence-corrected chi connectivity index (χ0v) is 15.7. The average molecular weight is 338 g/mol. The Labute approximate surface area is 144 Å². The Balaban J connectivity index is 1.95. The molecule has 0 aromatic carbocycles. The molecular formula is C17H30N4O3. The Morgan fingerprint density at radius 1 is 1.38 bits per heavy atom. The number of rotatable bonds is 3. The monoisotopic (exact) mass is 338 g/mol. The lowest BCUT2D eigenvalue weighted by atomic mass is 9.96. The fraction of sp³-hybridized carbons (Fsp3) is 0.824. The van der Waals surface area contributed by atoms with Crippen LogP contribution in [0.2, 0.25) is 0 Å². The Morgan fingerprint density at radius 3 is 2.67 bits per heavy atom. The zero-order chi connectivity index (χ0) is 18.0. The van der Waals surface area contributed by atoms with Gasteiger partial charge in [0.2, 0.25) is 5.89 Å². The highest BCUT2D eigenvalue weighted by molar-refractivity contribution is 5.74. The van der Waals surface area contributed by atoms with E-state index in [9.17, 15) is 4.79 Å². The number of likely N-dealkylation sites (tertiary alicyclic amines) is 1. The van der Waals surface area contributed by atoms with Crippen molar-refractivity contribution in [2.45, 2.75) is 70.9 Å². The number of ether oxygens (including phenoxy) is 1. The summed E-state index contributed by atoms with van der Waals surface area (Å²) in [5.41, 5.74) is -0.324. The molecular weight excluding hydrogens is 308 g/mol. The Morgan fingerprint density at radius 2 is 2.08 bits per heavy atom. The molecule has 0 bridgehead atoms. The minimum Gasteiger partial charge on any atom is -0.378 e. The fourth-order valence-electron chi connectivity index (χ4n) is 2.71. The standard InChI is InChI=1S/C17H30N4O3/c1-12(13-19-14(20-24-13)16(2,3)4)18-15(22)21-10-7-8-17(5,23-6)9-11-21/h12H,7-11H2,1-6H3,(H,18,22)/t12-,17-/m1/s1. The third-order valence-corrected chi connectivity index (χ3v) is 4.65. The number of nitrogens with one attached hydrogen (secondary N) is 1. The fourth-order valence-corrected chi connectivity index (χ4v) is 2.71. The lowest BCUT2D eigenvalue weighted by Crippen LogP contribution is -2.42. The van der Waals surface area contributed by atoms with Gasteiger partial charge in [0.25, 0.3) is 0 Å². The Kier molecular flexibility index (Phi) is 5.52. The third-order valence-electron chi connectivity index (χ3n) is 4.65. The number of carbonyl (C=O) groups is 1. The van der Waals surface area contributed by atoms with Gasteiger partial charge in [-0.1, -0.05) is 25.9 Å². The van der Waals surface area contributed by atoms with Gasteiger partial charge in [-0.3, -0.25) is 0 Å². The van der Waals surface area contributed by atoms with Gasteiger partial charge >= 0.3 is 6.03 Å². The predicted molar refractivity (Wildman–Crippen MR) is 90.8 cm³/mol. The molecule has 24 heavy (non-hydrogen) atoms. The third kappa shape index (κ3) is 4.47. The molecule has 2 heterocycles. The second kappa shape index (κ2) is 7.09. The van der Waals surface area contributed by atoms with Crippen LogP contribution in [0.4, 0.5) is 4.79 Å². The lowest BCUT2D eigenvalue weighted by molar-refractivity contribution is -0.00501. The molecule has 1 N–H and O–H groups in total. The van der Waals surface area contributed by atoms with Gasteiger partial charge in [0.05, 0.1) is 5.60 Å². The number of carbonyl (C=O) groups excluding carboxylic acids is 1. The molecule has 1 aliphatic rings. The summed E-state index contributed by atoms with van der Waals surface area (Å²) in [4.78, 5) is 18.8. The van der Waals surface area contributed by atoms with Crippen LogP contribution in [0, 0.1) is 0 Å². The van der Waals surface area contributed by atoms with Gasteiger partial charge in [0.1, 0.15) is 6.04 Å². The molecule has 2 atom stereocenters. The maximum Gasteiger partial charge on any atom is 0.318 e. The first kappa shape index (κ1) is 18.7. The molecule has 0 unspecified atom stereocenters. The van der Waals surface area contributed by atoms with E-state index in [-0.39, 0.29) is 23.1 Å². The molecule has 1 fully saturated rings. The minimum absolute atomic E-state index is 0.0987. The molecule has 2 rings (SSSR count). The van der Waals surface area contributed by atoms with Gasteiger partial charge < -0.3 is 19.5 Å². The van der Waals surface area contributed by atoms with Crippen molar-refractivity contribution in [1.29, 1.82) is 0 Å². The van der Waals surface area contributed by atoms with E-state index >= 15 is 0 Å². The molecule has 1 aromatic rings. The van der Waals surface area contributed by atoms with Crippen LogP contribution in [-0.4, -0.2) is 46.9 Å². The maximum atomic E-state index is 12.5. The Hall–Kier alpha value is -1.63. The normalized spacial score (nSPS) is 23.7. The van der Waals surface area contributed by atoms with Crippen molar-refractivity contribution >= 4 is 6.03 Å². The molecule has 1 saturated heterocycles. The second-order valence-corrected chi connectivity index (χ2v) is 7.87. The van der Waals surface area contributed by atoms with Crippen LogP contribution in [0.25, 0.3) is 0 Å². The van der Waals surface area contributed by atoms with Crippen molar-refractivity contribution in [2.75, 3.05) is 20.2 Å². The summed E-state index contributed by atoms with van der Waals surface area (Å²) in [6, 6.07) is -0.420. The molecule has 0 saturated carbocycles. The largest absolute Gasteiger partial charge is 0.378 e. The topological polar surface area (TPSA) is 80.5 Å². The summed E-state index contributed by atoms with van der Waals surface area (Å²) < 4.78 is 10.9. The van der Waals surface area contributed by atoms with Crippen molar-refractivity contribution in [2.24, 2.45) is 0 Å². The highest BCUT2D eigenvalue weighted by Gasteiger charge is 2.30. The van der Waals surface area contributed by atoms with Crippen LogP contribution < -0.4 is 5.32 Å². The maximum absolute atomic E-state index is 12.5. The number of amides is 2. The van der Waals surface area contributed by atoms with Gasteiger partial charge in [-0.05, 0) is 33.1 Å². The molecule has 0 aliphatic carbocycles. The number of aromatic nitrogens is 2. The zero-order valence-electron chi connectivity index (χ0n) is 15.7. The van der Waals surface area contributed by atoms with Crippen LogP contribution >= 0.6 is 0 Å². The van der Waals surface area contributed by atoms with Gasteiger partial charge in [-0.15, -0.1) is 0 Å². The van der Waals surface area contributed by atoms with Crippen LogP contribution in [0.5, 0.6) is 0 Å². The predicted octanol–water partition coefficient (Wildman–Crippen LogP) is 3.03. The van der Waals surface area contributed by atoms with E-state index in [1.807, 2.05) is 32.6 Å². The van der Waals surface area contributed by atoms with Crippen molar-refractivity contribution in [3.63, 3.8) is 0 Å². The molecule has 1 aromatic heterocycles. The van der Waals surface area contributed by atoms with E-state index in [2.05, 4.69) is 22.4 Å². The van der Waals surface area contributed by atoms with Crippen LogP contribution in [0.3, 0.4) is 0 Å². The summed E-state index contributed by atoms with van der Waals surface area (Å²) in [6.07, 6.45) is 2.72. The van der Waals surface area contributed by atoms with Gasteiger partial charge in [-0.2, -0.15) is 4.98 Å². The average Bonchev–Trinajstić information content (AvgIpc) is 2.93. The van der Waals surface area contributed by atoms with Crippen molar-refractivity contribution in [1.82, 2.24) is 20.4 Å². The molecule has 2 amide bonds. The van der Waals surface area contributed by atoms with Crippen molar-refractivity contribution in [3.8, 4) is 0 Å². The molecule has 7 heteroatoms. The van der Waals surface area contributed by atoms with E-state index in [0.717, 1.165) is 25.8 Å². The highest BCUT2D eigenvalue weighted by Crippen LogP contribution is 2.25. The van der Waals surface area contributed by atoms with Crippen molar-refractivity contribution in [3.05, 3.63) is 11.7 Å². The molecule has 1 aliphatic heterocycles. The minimum atomic E-state index is -0.321. The number of methoxy groups -OCH3 is 1. The molecule has 0 spiro atoms. The van der Waals surface area contributed by atoms with Crippen LogP contribution in [0.1, 0.15) is 71.6 Å². The summed E-state index contributed by atoms with van der Waals surface area (Å²) in [5, 5.41) is 6.96. The van der Waals surface area contributed by atoms with Crippen molar-refractivity contribution < 1.29 is 14.1 Å². The molecule has 0 radical (unpaired) electrons. The smallest absolute Gasteiger partial charge is 0.318 e.